The molecule has 2 nitrogen and oxygen atoms in total. The molecule has 22 heavy (non-hydrogen) atoms. The third-order valence-corrected chi connectivity index (χ3v) is 4.56. The number of anilines is 1. The van der Waals surface area contributed by atoms with Gasteiger partial charge in [0.2, 0.25) is 0 Å². The molecule has 0 spiro atoms. The van der Waals surface area contributed by atoms with E-state index in [2.05, 4.69) is 52.7 Å². The van der Waals surface area contributed by atoms with Crippen LogP contribution in [0.1, 0.15) is 24.8 Å². The highest BCUT2D eigenvalue weighted by Gasteiger charge is 2.24. The number of benzene rings is 2. The number of rotatable bonds is 3. The van der Waals surface area contributed by atoms with Crippen LogP contribution < -0.4 is 5.32 Å². The second kappa shape index (κ2) is 7.41. The Hall–Kier alpha value is -1.87. The van der Waals surface area contributed by atoms with E-state index >= 15 is 0 Å². The van der Waals surface area contributed by atoms with Crippen molar-refractivity contribution < 1.29 is 0 Å². The zero-order valence-electron chi connectivity index (χ0n) is 12.7. The van der Waals surface area contributed by atoms with Gasteiger partial charge in [0, 0.05) is 18.3 Å². The number of hydrogen-bond donors (Lipinski definition) is 1. The lowest BCUT2D eigenvalue weighted by Gasteiger charge is -2.38. The molecule has 2 aromatic rings. The number of thiocarbonyl (C=S) groups is 1. The number of nitrogens with one attached hydrogen (secondary N) is 1. The molecule has 0 bridgehead atoms. The third kappa shape index (κ3) is 3.86. The van der Waals surface area contributed by atoms with E-state index in [1.165, 1.54) is 24.8 Å². The van der Waals surface area contributed by atoms with Crippen molar-refractivity contribution >= 4 is 23.0 Å². The number of para-hydroxylation sites is 1. The normalized spacial score (nSPS) is 18.0. The van der Waals surface area contributed by atoms with Crippen LogP contribution in [-0.2, 0) is 6.42 Å². The van der Waals surface area contributed by atoms with E-state index < -0.39 is 0 Å². The molecule has 0 saturated carbocycles. The SMILES string of the molecule is S=C(Nc1ccccc1)N1CCCC[C@@H]1Cc1ccccc1. The Morgan fingerprint density at radius 1 is 1.00 bits per heavy atom. The molecule has 1 heterocycles. The van der Waals surface area contributed by atoms with E-state index in [0.29, 0.717) is 6.04 Å². The summed E-state index contributed by atoms with van der Waals surface area (Å²) in [7, 11) is 0. The van der Waals surface area contributed by atoms with Crippen molar-refractivity contribution in [2.75, 3.05) is 11.9 Å². The van der Waals surface area contributed by atoms with E-state index in [9.17, 15) is 0 Å². The molecule has 0 aromatic heterocycles. The van der Waals surface area contributed by atoms with E-state index in [-0.39, 0.29) is 0 Å². The van der Waals surface area contributed by atoms with Gasteiger partial charge in [0.05, 0.1) is 0 Å². The van der Waals surface area contributed by atoms with Gasteiger partial charge in [0.1, 0.15) is 0 Å². The Balaban J connectivity index is 1.68. The van der Waals surface area contributed by atoms with Crippen LogP contribution in [0.2, 0.25) is 0 Å². The molecule has 2 aromatic carbocycles. The molecule has 1 atom stereocenters. The van der Waals surface area contributed by atoms with Crippen molar-refractivity contribution in [2.24, 2.45) is 0 Å². The van der Waals surface area contributed by atoms with Gasteiger partial charge < -0.3 is 10.2 Å². The number of likely N-dealkylation sites (tertiary alicyclic amines) is 1. The second-order valence-electron chi connectivity index (χ2n) is 5.83. The fourth-order valence-corrected chi connectivity index (χ4v) is 3.44. The standard InChI is InChI=1S/C19H22N2S/c22-19(20-17-11-5-2-6-12-17)21-14-8-7-13-18(21)15-16-9-3-1-4-10-16/h1-6,9-12,18H,7-8,13-15H2,(H,20,22)/t18-/m1/s1. The Kier molecular flexibility index (Phi) is 5.07. The average molecular weight is 310 g/mol. The van der Waals surface area contributed by atoms with E-state index in [0.717, 1.165) is 23.8 Å². The van der Waals surface area contributed by atoms with Crippen molar-refractivity contribution in [3.05, 3.63) is 66.2 Å². The smallest absolute Gasteiger partial charge is 0.173 e. The highest BCUT2D eigenvalue weighted by molar-refractivity contribution is 7.80. The Morgan fingerprint density at radius 3 is 2.41 bits per heavy atom. The van der Waals surface area contributed by atoms with Gasteiger partial charge in [-0.1, -0.05) is 48.5 Å². The lowest BCUT2D eigenvalue weighted by atomic mass is 9.96. The van der Waals surface area contributed by atoms with Gasteiger partial charge in [-0.3, -0.25) is 0 Å². The first-order chi connectivity index (χ1) is 10.8. The number of hydrogen-bond acceptors (Lipinski definition) is 1. The van der Waals surface area contributed by atoms with Crippen LogP contribution in [0.25, 0.3) is 0 Å². The second-order valence-corrected chi connectivity index (χ2v) is 6.22. The van der Waals surface area contributed by atoms with E-state index in [4.69, 9.17) is 12.2 Å². The number of nitrogens with zero attached hydrogens (tertiary/aromatic N) is 1. The zero-order valence-corrected chi connectivity index (χ0v) is 13.6. The van der Waals surface area contributed by atoms with Crippen molar-refractivity contribution in [1.29, 1.82) is 0 Å². The first-order valence-electron chi connectivity index (χ1n) is 7.99. The van der Waals surface area contributed by atoms with Crippen LogP contribution in [0.3, 0.4) is 0 Å². The van der Waals surface area contributed by atoms with Crippen molar-refractivity contribution in [2.45, 2.75) is 31.7 Å². The molecule has 1 aliphatic rings. The molecule has 3 rings (SSSR count). The molecule has 0 aliphatic carbocycles. The molecular weight excluding hydrogens is 288 g/mol. The first kappa shape index (κ1) is 15.0. The van der Waals surface area contributed by atoms with Gasteiger partial charge in [-0.2, -0.15) is 0 Å². The fraction of sp³-hybridized carbons (Fsp3) is 0.316. The van der Waals surface area contributed by atoms with Crippen LogP contribution in [0.5, 0.6) is 0 Å². The van der Waals surface area contributed by atoms with Gasteiger partial charge in [-0.25, -0.2) is 0 Å². The molecule has 0 radical (unpaired) electrons. The molecule has 1 saturated heterocycles. The minimum Gasteiger partial charge on any atom is -0.346 e. The lowest BCUT2D eigenvalue weighted by molar-refractivity contribution is 0.243. The molecule has 114 valence electrons. The van der Waals surface area contributed by atoms with E-state index in [1.807, 2.05) is 18.2 Å². The monoisotopic (exact) mass is 310 g/mol. The van der Waals surface area contributed by atoms with Crippen LogP contribution in [0, 0.1) is 0 Å². The van der Waals surface area contributed by atoms with Gasteiger partial charge in [0.15, 0.2) is 5.11 Å². The van der Waals surface area contributed by atoms with E-state index in [1.54, 1.807) is 0 Å². The topological polar surface area (TPSA) is 15.3 Å². The highest BCUT2D eigenvalue weighted by atomic mass is 32.1. The van der Waals surface area contributed by atoms with Crippen LogP contribution in [0.4, 0.5) is 5.69 Å². The predicted octanol–water partition coefficient (Wildman–Crippen LogP) is 4.48. The summed E-state index contributed by atoms with van der Waals surface area (Å²) < 4.78 is 0. The van der Waals surface area contributed by atoms with Gasteiger partial charge in [0.25, 0.3) is 0 Å². The lowest BCUT2D eigenvalue weighted by Crippen LogP contribution is -2.46. The maximum atomic E-state index is 5.66. The van der Waals surface area contributed by atoms with Gasteiger partial charge >= 0.3 is 0 Å². The van der Waals surface area contributed by atoms with Crippen molar-refractivity contribution in [1.82, 2.24) is 4.90 Å². The first-order valence-corrected chi connectivity index (χ1v) is 8.40. The Labute approximate surface area is 138 Å². The molecule has 3 heteroatoms. The summed E-state index contributed by atoms with van der Waals surface area (Å²) in [5.74, 6) is 0. The summed E-state index contributed by atoms with van der Waals surface area (Å²) in [5.41, 5.74) is 2.46. The highest BCUT2D eigenvalue weighted by Crippen LogP contribution is 2.22. The number of piperidine rings is 1. The quantitative estimate of drug-likeness (QED) is 0.841. The van der Waals surface area contributed by atoms with Crippen molar-refractivity contribution in [3.63, 3.8) is 0 Å². The maximum absolute atomic E-state index is 5.66. The van der Waals surface area contributed by atoms with Crippen LogP contribution >= 0.6 is 12.2 Å². The minimum absolute atomic E-state index is 0.500. The Bertz CT molecular complexity index is 597. The molecule has 0 amide bonds. The molecule has 1 fully saturated rings. The summed E-state index contributed by atoms with van der Waals surface area (Å²) in [6, 6.07) is 21.4. The summed E-state index contributed by atoms with van der Waals surface area (Å²) in [6.07, 6.45) is 4.80. The zero-order chi connectivity index (χ0) is 15.2. The summed E-state index contributed by atoms with van der Waals surface area (Å²) in [5, 5.41) is 4.24. The van der Waals surface area contributed by atoms with Crippen molar-refractivity contribution in [3.8, 4) is 0 Å². The largest absolute Gasteiger partial charge is 0.346 e. The Morgan fingerprint density at radius 2 is 1.68 bits per heavy atom. The van der Waals surface area contributed by atoms with Gasteiger partial charge in [-0.15, -0.1) is 0 Å². The maximum Gasteiger partial charge on any atom is 0.173 e. The van der Waals surface area contributed by atoms with Crippen LogP contribution in [0.15, 0.2) is 60.7 Å². The molecule has 1 aliphatic heterocycles. The summed E-state index contributed by atoms with van der Waals surface area (Å²) in [6.45, 7) is 1.05. The third-order valence-electron chi connectivity index (χ3n) is 4.23. The predicted molar refractivity (Wildman–Crippen MR) is 97.2 cm³/mol. The molecular formula is C19H22N2S. The summed E-state index contributed by atoms with van der Waals surface area (Å²) in [4.78, 5) is 2.37. The van der Waals surface area contributed by atoms with Crippen LogP contribution in [-0.4, -0.2) is 22.6 Å². The molecule has 0 unspecified atom stereocenters. The average Bonchev–Trinajstić information content (AvgIpc) is 2.57. The summed E-state index contributed by atoms with van der Waals surface area (Å²) >= 11 is 5.66. The molecule has 1 N–H and O–H groups in total. The van der Waals surface area contributed by atoms with Gasteiger partial charge in [-0.05, 0) is 55.6 Å². The fourth-order valence-electron chi connectivity index (χ4n) is 3.08. The minimum atomic E-state index is 0.500.